The molecule has 1 unspecified atom stereocenters. The van der Waals surface area contributed by atoms with Crippen molar-refractivity contribution in [2.24, 2.45) is 0 Å². The molecule has 72 valence electrons. The van der Waals surface area contributed by atoms with E-state index < -0.39 is 11.1 Å². The van der Waals surface area contributed by atoms with Crippen LogP contribution in [0.15, 0.2) is 23.1 Å². The summed E-state index contributed by atoms with van der Waals surface area (Å²) in [4.78, 5) is 0.408. The van der Waals surface area contributed by atoms with Crippen molar-refractivity contribution < 1.29 is 13.5 Å². The van der Waals surface area contributed by atoms with E-state index in [0.717, 1.165) is 5.56 Å². The van der Waals surface area contributed by atoms with E-state index >= 15 is 0 Å². The third kappa shape index (κ3) is 2.54. The summed E-state index contributed by atoms with van der Waals surface area (Å²) in [5.41, 5.74) is 0.796. The minimum absolute atomic E-state index is 0.408. The standard InChI is InChI=1S/C9H12O3S/c1-3-12-8-5-4-7(2)9(6-8)13(10)11/h4-6H,3H2,1-2H3,(H,10,11). The summed E-state index contributed by atoms with van der Waals surface area (Å²) < 4.78 is 25.0. The number of aryl methyl sites for hydroxylation is 1. The molecule has 1 N–H and O–H groups in total. The van der Waals surface area contributed by atoms with Crippen LogP contribution in [0.5, 0.6) is 5.75 Å². The lowest BCUT2D eigenvalue weighted by molar-refractivity contribution is 0.339. The van der Waals surface area contributed by atoms with Crippen LogP contribution in [0.2, 0.25) is 0 Å². The van der Waals surface area contributed by atoms with Crippen LogP contribution in [0.3, 0.4) is 0 Å². The Morgan fingerprint density at radius 2 is 2.23 bits per heavy atom. The van der Waals surface area contributed by atoms with Gasteiger partial charge in [-0.3, -0.25) is 0 Å². The van der Waals surface area contributed by atoms with E-state index in [0.29, 0.717) is 17.3 Å². The Kier molecular flexibility index (Phi) is 3.45. The van der Waals surface area contributed by atoms with Crippen molar-refractivity contribution in [3.05, 3.63) is 23.8 Å². The lowest BCUT2D eigenvalue weighted by Gasteiger charge is -2.05. The van der Waals surface area contributed by atoms with E-state index in [2.05, 4.69) is 0 Å². The second kappa shape index (κ2) is 4.39. The minimum Gasteiger partial charge on any atom is -0.494 e. The largest absolute Gasteiger partial charge is 0.494 e. The SMILES string of the molecule is CCOc1ccc(C)c(S(=O)O)c1. The zero-order valence-corrected chi connectivity index (χ0v) is 8.43. The highest BCUT2D eigenvalue weighted by Crippen LogP contribution is 2.19. The molecule has 0 bridgehead atoms. The maximum absolute atomic E-state index is 10.8. The van der Waals surface area contributed by atoms with Crippen molar-refractivity contribution in [3.63, 3.8) is 0 Å². The predicted octanol–water partition coefficient (Wildman–Crippen LogP) is 1.97. The van der Waals surface area contributed by atoms with Gasteiger partial charge in [-0.2, -0.15) is 0 Å². The van der Waals surface area contributed by atoms with Crippen molar-refractivity contribution in [1.82, 2.24) is 0 Å². The van der Waals surface area contributed by atoms with Crippen LogP contribution in [-0.4, -0.2) is 15.4 Å². The molecule has 4 heteroatoms. The van der Waals surface area contributed by atoms with Gasteiger partial charge in [-0.05, 0) is 31.5 Å². The van der Waals surface area contributed by atoms with Crippen molar-refractivity contribution in [3.8, 4) is 5.75 Å². The summed E-state index contributed by atoms with van der Waals surface area (Å²) in [7, 11) is 0. The lowest BCUT2D eigenvalue weighted by atomic mass is 10.2. The van der Waals surface area contributed by atoms with E-state index in [1.165, 1.54) is 0 Å². The molecule has 0 saturated heterocycles. The van der Waals surface area contributed by atoms with Crippen LogP contribution >= 0.6 is 0 Å². The summed E-state index contributed by atoms with van der Waals surface area (Å²) in [6.07, 6.45) is 0. The van der Waals surface area contributed by atoms with Gasteiger partial charge in [0.1, 0.15) is 5.75 Å². The number of ether oxygens (including phenoxy) is 1. The normalized spacial score (nSPS) is 12.5. The van der Waals surface area contributed by atoms with E-state index in [1.54, 1.807) is 25.1 Å². The van der Waals surface area contributed by atoms with Gasteiger partial charge in [-0.1, -0.05) is 6.07 Å². The molecule has 3 nitrogen and oxygen atoms in total. The molecule has 0 radical (unpaired) electrons. The molecule has 1 atom stereocenters. The molecular formula is C9H12O3S. The Labute approximate surface area is 80.0 Å². The van der Waals surface area contributed by atoms with E-state index in [9.17, 15) is 4.21 Å². The van der Waals surface area contributed by atoms with Crippen molar-refractivity contribution in [2.75, 3.05) is 6.61 Å². The van der Waals surface area contributed by atoms with Gasteiger partial charge < -0.3 is 9.29 Å². The molecule has 0 amide bonds. The molecule has 13 heavy (non-hydrogen) atoms. The Morgan fingerprint density at radius 3 is 2.77 bits per heavy atom. The summed E-state index contributed by atoms with van der Waals surface area (Å²) in [6, 6.07) is 5.15. The van der Waals surface area contributed by atoms with Gasteiger partial charge >= 0.3 is 0 Å². The van der Waals surface area contributed by atoms with E-state index in [-0.39, 0.29) is 0 Å². The molecule has 0 aliphatic heterocycles. The van der Waals surface area contributed by atoms with Crippen LogP contribution in [0.25, 0.3) is 0 Å². The number of benzene rings is 1. The second-order valence-corrected chi connectivity index (χ2v) is 3.55. The van der Waals surface area contributed by atoms with Crippen LogP contribution in [0, 0.1) is 6.92 Å². The summed E-state index contributed by atoms with van der Waals surface area (Å²) >= 11 is -1.93. The predicted molar refractivity (Wildman–Crippen MR) is 51.4 cm³/mol. The highest BCUT2D eigenvalue weighted by molar-refractivity contribution is 7.79. The van der Waals surface area contributed by atoms with Crippen molar-refractivity contribution >= 4 is 11.1 Å². The molecule has 0 aromatic heterocycles. The molecule has 1 rings (SSSR count). The molecule has 1 aromatic carbocycles. The first-order valence-electron chi connectivity index (χ1n) is 3.99. The first-order chi connectivity index (χ1) is 6.15. The molecule has 0 spiro atoms. The molecule has 0 saturated carbocycles. The van der Waals surface area contributed by atoms with Crippen LogP contribution < -0.4 is 4.74 Å². The third-order valence-electron chi connectivity index (χ3n) is 1.66. The summed E-state index contributed by atoms with van der Waals surface area (Å²) in [6.45, 7) is 4.22. The number of hydrogen-bond acceptors (Lipinski definition) is 2. The Balaban J connectivity index is 3.04. The first-order valence-corrected chi connectivity index (χ1v) is 5.10. The van der Waals surface area contributed by atoms with Crippen LogP contribution in [-0.2, 0) is 11.1 Å². The summed E-state index contributed by atoms with van der Waals surface area (Å²) in [5.74, 6) is 0.630. The van der Waals surface area contributed by atoms with Crippen LogP contribution in [0.1, 0.15) is 12.5 Å². The Bertz CT molecular complexity index is 323. The lowest BCUT2D eigenvalue weighted by Crippen LogP contribution is -1.96. The van der Waals surface area contributed by atoms with Gasteiger partial charge in [0.25, 0.3) is 0 Å². The average Bonchev–Trinajstić information content (AvgIpc) is 2.08. The molecule has 1 aromatic rings. The first kappa shape index (κ1) is 10.2. The molecule has 0 aliphatic carbocycles. The van der Waals surface area contributed by atoms with Gasteiger partial charge in [0, 0.05) is 0 Å². The fourth-order valence-corrected chi connectivity index (χ4v) is 1.59. The van der Waals surface area contributed by atoms with E-state index in [4.69, 9.17) is 9.29 Å². The Hall–Kier alpha value is -0.870. The smallest absolute Gasteiger partial charge is 0.186 e. The highest BCUT2D eigenvalue weighted by Gasteiger charge is 2.05. The molecule has 0 fully saturated rings. The third-order valence-corrected chi connectivity index (χ3v) is 2.47. The monoisotopic (exact) mass is 200 g/mol. The zero-order valence-electron chi connectivity index (χ0n) is 7.61. The molecular weight excluding hydrogens is 188 g/mol. The number of hydrogen-bond donors (Lipinski definition) is 1. The summed E-state index contributed by atoms with van der Waals surface area (Å²) in [5, 5.41) is 0. The van der Waals surface area contributed by atoms with Gasteiger partial charge in [0.05, 0.1) is 11.5 Å². The molecule has 0 heterocycles. The van der Waals surface area contributed by atoms with Crippen LogP contribution in [0.4, 0.5) is 0 Å². The van der Waals surface area contributed by atoms with Gasteiger partial charge in [-0.15, -0.1) is 0 Å². The average molecular weight is 200 g/mol. The maximum atomic E-state index is 10.8. The van der Waals surface area contributed by atoms with E-state index in [1.807, 2.05) is 6.92 Å². The quantitative estimate of drug-likeness (QED) is 0.759. The van der Waals surface area contributed by atoms with Gasteiger partial charge in [-0.25, -0.2) is 4.21 Å². The molecule has 0 aliphatic rings. The van der Waals surface area contributed by atoms with Crippen molar-refractivity contribution in [2.45, 2.75) is 18.7 Å². The number of rotatable bonds is 3. The minimum atomic E-state index is -1.93. The fraction of sp³-hybridized carbons (Fsp3) is 0.333. The zero-order chi connectivity index (χ0) is 9.84. The van der Waals surface area contributed by atoms with Gasteiger partial charge in [0.2, 0.25) is 0 Å². The van der Waals surface area contributed by atoms with Crippen molar-refractivity contribution in [1.29, 1.82) is 0 Å². The van der Waals surface area contributed by atoms with Gasteiger partial charge in [0.15, 0.2) is 11.1 Å². The maximum Gasteiger partial charge on any atom is 0.186 e. The second-order valence-electron chi connectivity index (χ2n) is 2.61. The topological polar surface area (TPSA) is 46.5 Å². The highest BCUT2D eigenvalue weighted by atomic mass is 32.2. The fourth-order valence-electron chi connectivity index (χ4n) is 1.02. The Morgan fingerprint density at radius 1 is 1.54 bits per heavy atom.